The molecule has 0 aliphatic heterocycles. The quantitative estimate of drug-likeness (QED) is 0.272. The SMILES string of the molecule is CC(=O)c1ccccc1Cl.CCO.CN/N=C(/C)c1ccccc1Cl.[CH2+]CC. The van der Waals surface area contributed by atoms with Crippen molar-refractivity contribution in [3.05, 3.63) is 76.6 Å². The molecule has 2 aromatic rings. The number of Topliss-reactive ketones (excluding diaryl/α,β-unsaturated/α-hetero) is 1. The lowest BCUT2D eigenvalue weighted by atomic mass is 10.1. The highest BCUT2D eigenvalue weighted by Crippen LogP contribution is 2.15. The number of aliphatic hydroxyl groups is 1. The molecular weight excluding hydrogens is 395 g/mol. The van der Waals surface area contributed by atoms with Gasteiger partial charge in [0.2, 0.25) is 0 Å². The minimum Gasteiger partial charge on any atom is -0.397 e. The van der Waals surface area contributed by atoms with Crippen molar-refractivity contribution in [2.45, 2.75) is 34.1 Å². The molecule has 0 unspecified atom stereocenters. The number of hydrazone groups is 1. The lowest BCUT2D eigenvalue weighted by Crippen LogP contribution is -2.03. The molecule has 28 heavy (non-hydrogen) atoms. The van der Waals surface area contributed by atoms with E-state index >= 15 is 0 Å². The summed E-state index contributed by atoms with van der Waals surface area (Å²) in [5, 5.41) is 12.9. The van der Waals surface area contributed by atoms with Gasteiger partial charge in [-0.1, -0.05) is 53.5 Å². The molecule has 2 N–H and O–H groups in total. The molecule has 0 aliphatic rings. The molecule has 0 radical (unpaired) electrons. The molecule has 0 bridgehead atoms. The van der Waals surface area contributed by atoms with Gasteiger partial charge in [0.25, 0.3) is 0 Å². The molecule has 154 valence electrons. The van der Waals surface area contributed by atoms with Crippen LogP contribution in [0.25, 0.3) is 0 Å². The topological polar surface area (TPSA) is 61.7 Å². The summed E-state index contributed by atoms with van der Waals surface area (Å²) < 4.78 is 0. The monoisotopic (exact) mass is 425 g/mol. The molecule has 0 aliphatic carbocycles. The molecule has 0 atom stereocenters. The zero-order valence-corrected chi connectivity index (χ0v) is 18.8. The molecule has 0 fully saturated rings. The minimum atomic E-state index is 0.00519. The fourth-order valence-electron chi connectivity index (χ4n) is 1.73. The van der Waals surface area contributed by atoms with Gasteiger partial charge in [-0.05, 0) is 45.9 Å². The third-order valence-electron chi connectivity index (χ3n) is 2.80. The summed E-state index contributed by atoms with van der Waals surface area (Å²) in [5.74, 6) is 0.00519. The standard InChI is InChI=1S/C9H11ClN2.C8H7ClO.C3H7.C2H6O/c1-7(12-11-2)8-5-3-4-6-9(8)10;1-6(10)7-4-2-3-5-8(7)9;1-3-2;1-2-3/h3-6,11H,1-2H3;2-5H,1H3;1,3H2,2H3;3H,2H2,1H3/q;;+1;/b12-7-;;;. The van der Waals surface area contributed by atoms with Crippen LogP contribution in [0.15, 0.2) is 53.6 Å². The maximum Gasteiger partial charge on any atom is 0.161 e. The third-order valence-corrected chi connectivity index (χ3v) is 3.46. The van der Waals surface area contributed by atoms with Gasteiger partial charge in [0.1, 0.15) is 0 Å². The molecule has 0 heterocycles. The molecule has 0 saturated heterocycles. The molecule has 0 spiro atoms. The zero-order valence-electron chi connectivity index (χ0n) is 17.3. The fourth-order valence-corrected chi connectivity index (χ4v) is 2.27. The molecule has 2 rings (SSSR count). The van der Waals surface area contributed by atoms with Gasteiger partial charge in [0, 0.05) is 29.8 Å². The van der Waals surface area contributed by atoms with Crippen LogP contribution in [0.2, 0.25) is 10.0 Å². The summed E-state index contributed by atoms with van der Waals surface area (Å²) in [6, 6.07) is 14.7. The predicted octanol–water partition coefficient (Wildman–Crippen LogP) is 6.06. The largest absolute Gasteiger partial charge is 0.397 e. The second-order valence-electron chi connectivity index (χ2n) is 5.25. The smallest absolute Gasteiger partial charge is 0.161 e. The average Bonchev–Trinajstić information content (AvgIpc) is 2.64. The van der Waals surface area contributed by atoms with E-state index in [1.54, 1.807) is 38.2 Å². The highest BCUT2D eigenvalue weighted by molar-refractivity contribution is 6.34. The van der Waals surface area contributed by atoms with Crippen molar-refractivity contribution < 1.29 is 9.90 Å². The molecule has 0 aromatic heterocycles. The van der Waals surface area contributed by atoms with Gasteiger partial charge in [-0.15, -0.1) is 0 Å². The van der Waals surface area contributed by atoms with Gasteiger partial charge in [0.15, 0.2) is 5.78 Å². The molecule has 0 amide bonds. The van der Waals surface area contributed by atoms with Crippen molar-refractivity contribution in [2.75, 3.05) is 13.7 Å². The van der Waals surface area contributed by atoms with Crippen molar-refractivity contribution in [3.8, 4) is 0 Å². The van der Waals surface area contributed by atoms with Gasteiger partial charge in [-0.25, -0.2) is 0 Å². The van der Waals surface area contributed by atoms with Crippen molar-refractivity contribution in [1.29, 1.82) is 0 Å². The zero-order chi connectivity index (χ0) is 21.9. The Morgan fingerprint density at radius 3 is 1.64 bits per heavy atom. The first-order valence-electron chi connectivity index (χ1n) is 8.91. The maximum absolute atomic E-state index is 10.8. The van der Waals surface area contributed by atoms with Crippen molar-refractivity contribution in [3.63, 3.8) is 0 Å². The average molecular weight is 426 g/mol. The number of carbonyl (C=O) groups is 1. The van der Waals surface area contributed by atoms with Crippen LogP contribution in [0.4, 0.5) is 0 Å². The first kappa shape index (κ1) is 28.2. The first-order valence-corrected chi connectivity index (χ1v) is 9.67. The summed E-state index contributed by atoms with van der Waals surface area (Å²) in [4.78, 5) is 10.8. The third kappa shape index (κ3) is 13.2. The van der Waals surface area contributed by atoms with Crippen molar-refractivity contribution >= 4 is 34.7 Å². The number of hydrogen-bond donors (Lipinski definition) is 2. The van der Waals surface area contributed by atoms with Crippen LogP contribution in [-0.2, 0) is 0 Å². The van der Waals surface area contributed by atoms with Crippen LogP contribution in [0, 0.1) is 6.92 Å². The summed E-state index contributed by atoms with van der Waals surface area (Å²) in [5.41, 5.74) is 5.17. The normalized spacial score (nSPS) is 9.50. The minimum absolute atomic E-state index is 0.00519. The fraction of sp³-hybridized carbons (Fsp3) is 0.318. The van der Waals surface area contributed by atoms with E-state index < -0.39 is 0 Å². The van der Waals surface area contributed by atoms with E-state index in [0.717, 1.165) is 22.7 Å². The number of carbonyl (C=O) groups excluding carboxylic acids is 1. The van der Waals surface area contributed by atoms with Crippen LogP contribution in [-0.4, -0.2) is 30.3 Å². The number of nitrogens with zero attached hydrogens (tertiary/aromatic N) is 1. The Labute approximate surface area is 179 Å². The van der Waals surface area contributed by atoms with E-state index in [4.69, 9.17) is 28.3 Å². The maximum atomic E-state index is 10.8. The molecular formula is C22H31Cl2N2O2+. The van der Waals surface area contributed by atoms with Gasteiger partial charge in [0.05, 0.1) is 24.1 Å². The Hall–Kier alpha value is -2.01. The lowest BCUT2D eigenvalue weighted by molar-refractivity contribution is 0.101. The molecule has 6 heteroatoms. The number of halogens is 2. The second kappa shape index (κ2) is 18.4. The highest BCUT2D eigenvalue weighted by atomic mass is 35.5. The van der Waals surface area contributed by atoms with E-state index in [-0.39, 0.29) is 12.4 Å². The number of rotatable bonds is 3. The molecule has 0 saturated carbocycles. The van der Waals surface area contributed by atoms with Gasteiger partial charge < -0.3 is 10.5 Å². The van der Waals surface area contributed by atoms with Gasteiger partial charge in [-0.2, -0.15) is 5.10 Å². The number of hydrogen-bond acceptors (Lipinski definition) is 4. The van der Waals surface area contributed by atoms with Gasteiger partial charge >= 0.3 is 0 Å². The molecule has 2 aromatic carbocycles. The van der Waals surface area contributed by atoms with E-state index in [2.05, 4.69) is 17.5 Å². The number of nitrogens with one attached hydrogen (secondary N) is 1. The van der Waals surface area contributed by atoms with E-state index in [9.17, 15) is 4.79 Å². The Morgan fingerprint density at radius 1 is 1.00 bits per heavy atom. The van der Waals surface area contributed by atoms with Crippen molar-refractivity contribution in [2.24, 2.45) is 5.10 Å². The lowest BCUT2D eigenvalue weighted by Gasteiger charge is -2.01. The Morgan fingerprint density at radius 2 is 1.36 bits per heavy atom. The van der Waals surface area contributed by atoms with Crippen LogP contribution >= 0.6 is 23.2 Å². The number of ketones is 1. The number of aliphatic hydroxyl groups excluding tert-OH is 1. The van der Waals surface area contributed by atoms with Gasteiger partial charge in [-0.3, -0.25) is 4.79 Å². The van der Waals surface area contributed by atoms with E-state index in [1.165, 1.54) is 6.92 Å². The van der Waals surface area contributed by atoms with Crippen LogP contribution in [0.3, 0.4) is 0 Å². The summed E-state index contributed by atoms with van der Waals surface area (Å²) >= 11 is 11.6. The predicted molar refractivity (Wildman–Crippen MR) is 123 cm³/mol. The summed E-state index contributed by atoms with van der Waals surface area (Å²) in [7, 11) is 1.76. The Balaban J connectivity index is 0. The van der Waals surface area contributed by atoms with Crippen LogP contribution in [0.5, 0.6) is 0 Å². The Bertz CT molecular complexity index is 702. The van der Waals surface area contributed by atoms with Crippen LogP contribution in [0.1, 0.15) is 50.0 Å². The first-order chi connectivity index (χ1) is 13.3. The van der Waals surface area contributed by atoms with Crippen LogP contribution < -0.4 is 5.43 Å². The summed E-state index contributed by atoms with van der Waals surface area (Å²) in [6.07, 6.45) is 1.00. The molecule has 4 nitrogen and oxygen atoms in total. The van der Waals surface area contributed by atoms with E-state index in [1.807, 2.05) is 38.1 Å². The second-order valence-corrected chi connectivity index (χ2v) is 6.07. The van der Waals surface area contributed by atoms with E-state index in [0.29, 0.717) is 10.6 Å². The number of benzene rings is 2. The Kier molecular flexibility index (Phi) is 18.5. The van der Waals surface area contributed by atoms with Crippen molar-refractivity contribution in [1.82, 2.24) is 5.43 Å². The summed E-state index contributed by atoms with van der Waals surface area (Å²) in [6.45, 7) is 10.8. The highest BCUT2D eigenvalue weighted by Gasteiger charge is 2.02.